The molecule has 0 amide bonds. The van der Waals surface area contributed by atoms with E-state index in [1.165, 1.54) is 5.57 Å². The third-order valence-corrected chi connectivity index (χ3v) is 1.29. The number of unbranched alkanes of at least 4 members (excludes halogenated alkanes) is 1. The Morgan fingerprint density at radius 1 is 1.23 bits per heavy atom. The Morgan fingerprint density at radius 3 is 2.31 bits per heavy atom. The van der Waals surface area contributed by atoms with Crippen molar-refractivity contribution in [3.05, 3.63) is 11.6 Å². The van der Waals surface area contributed by atoms with Crippen molar-refractivity contribution in [2.75, 3.05) is 6.61 Å². The Hall–Kier alpha value is -0.340. The summed E-state index contributed by atoms with van der Waals surface area (Å²) in [6.45, 7) is 10.8. The Morgan fingerprint density at radius 2 is 1.85 bits per heavy atom. The highest BCUT2D eigenvalue weighted by Gasteiger charge is 2.10. The van der Waals surface area contributed by atoms with E-state index in [0.717, 1.165) is 12.8 Å². The molecule has 0 bridgehead atoms. The zero-order valence-electron chi connectivity index (χ0n) is 9.52. The lowest BCUT2D eigenvalue weighted by molar-refractivity contribution is -0.348. The molecule has 0 unspecified atom stereocenters. The second kappa shape index (κ2) is 6.17. The summed E-state index contributed by atoms with van der Waals surface area (Å²) in [7, 11) is 0. The van der Waals surface area contributed by atoms with E-state index in [1.807, 2.05) is 20.8 Å². The molecule has 0 atom stereocenters. The maximum Gasteiger partial charge on any atom is 0.0952 e. The van der Waals surface area contributed by atoms with Gasteiger partial charge in [-0.1, -0.05) is 11.6 Å². The third-order valence-electron chi connectivity index (χ3n) is 1.29. The van der Waals surface area contributed by atoms with Crippen molar-refractivity contribution in [1.82, 2.24) is 0 Å². The average molecular weight is 186 g/mol. The largest absolute Gasteiger partial charge is 0.236 e. The Balaban J connectivity index is 3.23. The van der Waals surface area contributed by atoms with Crippen LogP contribution in [0.1, 0.15) is 47.5 Å². The number of hydrogen-bond donors (Lipinski definition) is 0. The summed E-state index contributed by atoms with van der Waals surface area (Å²) in [4.78, 5) is 10.2. The van der Waals surface area contributed by atoms with Crippen molar-refractivity contribution in [1.29, 1.82) is 0 Å². The summed E-state index contributed by atoms with van der Waals surface area (Å²) in [6.07, 6.45) is 4.29. The molecule has 0 aromatic carbocycles. The van der Waals surface area contributed by atoms with Crippen LogP contribution in [0.25, 0.3) is 0 Å². The average Bonchev–Trinajstić information content (AvgIpc) is 1.93. The van der Waals surface area contributed by atoms with Gasteiger partial charge in [-0.15, -0.1) is 0 Å². The quantitative estimate of drug-likeness (QED) is 0.283. The number of rotatable bonds is 5. The molecule has 13 heavy (non-hydrogen) atoms. The molecule has 0 aliphatic rings. The second-order valence-corrected chi connectivity index (χ2v) is 4.44. The molecular weight excluding hydrogens is 164 g/mol. The molecule has 0 spiro atoms. The number of hydrogen-bond acceptors (Lipinski definition) is 2. The fourth-order valence-electron chi connectivity index (χ4n) is 0.751. The molecule has 0 saturated heterocycles. The van der Waals surface area contributed by atoms with E-state index < -0.39 is 0 Å². The van der Waals surface area contributed by atoms with E-state index in [1.54, 1.807) is 0 Å². The van der Waals surface area contributed by atoms with Crippen LogP contribution in [0.15, 0.2) is 11.6 Å². The third kappa shape index (κ3) is 11.7. The van der Waals surface area contributed by atoms with Gasteiger partial charge in [0.15, 0.2) is 0 Å². The molecule has 0 aromatic heterocycles. The van der Waals surface area contributed by atoms with Gasteiger partial charge in [0, 0.05) is 0 Å². The Kier molecular flexibility index (Phi) is 6.00. The first kappa shape index (κ1) is 12.7. The minimum absolute atomic E-state index is 0.198. The molecule has 0 saturated carbocycles. The van der Waals surface area contributed by atoms with Crippen LogP contribution in [0.4, 0.5) is 0 Å². The van der Waals surface area contributed by atoms with Gasteiger partial charge in [0.1, 0.15) is 0 Å². The first-order valence-electron chi connectivity index (χ1n) is 4.86. The minimum Gasteiger partial charge on any atom is -0.236 e. The summed E-state index contributed by atoms with van der Waals surface area (Å²) >= 11 is 0. The summed E-state index contributed by atoms with van der Waals surface area (Å²) in [5.74, 6) is 0. The molecule has 0 aliphatic heterocycles. The first-order valence-corrected chi connectivity index (χ1v) is 4.86. The smallest absolute Gasteiger partial charge is 0.0952 e. The maximum atomic E-state index is 5.12. The molecule has 0 aromatic rings. The van der Waals surface area contributed by atoms with Crippen molar-refractivity contribution in [3.8, 4) is 0 Å². The lowest BCUT2D eigenvalue weighted by Crippen LogP contribution is -2.19. The van der Waals surface area contributed by atoms with Gasteiger partial charge in [-0.3, -0.25) is 0 Å². The van der Waals surface area contributed by atoms with Gasteiger partial charge in [0.25, 0.3) is 0 Å². The van der Waals surface area contributed by atoms with Crippen LogP contribution >= 0.6 is 0 Å². The van der Waals surface area contributed by atoms with Crippen LogP contribution in [-0.2, 0) is 9.78 Å². The fourth-order valence-corrected chi connectivity index (χ4v) is 0.751. The standard InChI is InChI=1S/C11H22O2/c1-10(2)8-6-7-9-12-13-11(3,4)5/h8H,6-7,9H2,1-5H3. The van der Waals surface area contributed by atoms with Crippen LogP contribution in [0.3, 0.4) is 0 Å². The molecule has 0 rings (SSSR count). The molecule has 0 N–H and O–H groups in total. The fraction of sp³-hybridized carbons (Fsp3) is 0.818. The van der Waals surface area contributed by atoms with Gasteiger partial charge in [-0.05, 0) is 47.5 Å². The van der Waals surface area contributed by atoms with Gasteiger partial charge in [0.2, 0.25) is 0 Å². The molecule has 78 valence electrons. The maximum absolute atomic E-state index is 5.12. The van der Waals surface area contributed by atoms with E-state index in [4.69, 9.17) is 9.78 Å². The van der Waals surface area contributed by atoms with Gasteiger partial charge in [0.05, 0.1) is 12.2 Å². The predicted octanol–water partition coefficient (Wildman–Crippen LogP) is 3.48. The summed E-state index contributed by atoms with van der Waals surface area (Å²) in [6, 6.07) is 0. The molecule has 0 heterocycles. The van der Waals surface area contributed by atoms with Gasteiger partial charge in [-0.2, -0.15) is 0 Å². The van der Waals surface area contributed by atoms with Gasteiger partial charge >= 0.3 is 0 Å². The van der Waals surface area contributed by atoms with Crippen LogP contribution in [0, 0.1) is 0 Å². The highest BCUT2D eigenvalue weighted by molar-refractivity contribution is 4.92. The van der Waals surface area contributed by atoms with Crippen LogP contribution in [-0.4, -0.2) is 12.2 Å². The van der Waals surface area contributed by atoms with Crippen molar-refractivity contribution >= 4 is 0 Å². The zero-order chi connectivity index (χ0) is 10.3. The highest BCUT2D eigenvalue weighted by atomic mass is 17.2. The summed E-state index contributed by atoms with van der Waals surface area (Å²) in [5, 5.41) is 0. The Bertz CT molecular complexity index is 150. The van der Waals surface area contributed by atoms with Crippen LogP contribution < -0.4 is 0 Å². The van der Waals surface area contributed by atoms with E-state index in [2.05, 4.69) is 19.9 Å². The van der Waals surface area contributed by atoms with Crippen molar-refractivity contribution in [2.24, 2.45) is 0 Å². The monoisotopic (exact) mass is 186 g/mol. The molecule has 0 radical (unpaired) electrons. The van der Waals surface area contributed by atoms with E-state index >= 15 is 0 Å². The SMILES string of the molecule is CC(C)=CCCCOOC(C)(C)C. The second-order valence-electron chi connectivity index (χ2n) is 4.44. The van der Waals surface area contributed by atoms with Crippen molar-refractivity contribution < 1.29 is 9.78 Å². The molecule has 2 heteroatoms. The highest BCUT2D eigenvalue weighted by Crippen LogP contribution is 2.07. The predicted molar refractivity (Wildman–Crippen MR) is 55.5 cm³/mol. The molecular formula is C11H22O2. The van der Waals surface area contributed by atoms with Gasteiger partial charge in [-0.25, -0.2) is 9.78 Å². The lowest BCUT2D eigenvalue weighted by atomic mass is 10.2. The van der Waals surface area contributed by atoms with Crippen LogP contribution in [0.2, 0.25) is 0 Å². The van der Waals surface area contributed by atoms with Crippen molar-refractivity contribution in [3.63, 3.8) is 0 Å². The first-order chi connectivity index (χ1) is 5.92. The topological polar surface area (TPSA) is 18.5 Å². The van der Waals surface area contributed by atoms with E-state index in [-0.39, 0.29) is 5.60 Å². The lowest BCUT2D eigenvalue weighted by Gasteiger charge is -2.17. The normalized spacial score (nSPS) is 11.5. The summed E-state index contributed by atoms with van der Waals surface area (Å²) < 4.78 is 0. The van der Waals surface area contributed by atoms with Gasteiger partial charge < -0.3 is 0 Å². The molecule has 0 fully saturated rings. The minimum atomic E-state index is -0.198. The van der Waals surface area contributed by atoms with E-state index in [0.29, 0.717) is 6.61 Å². The molecule has 2 nitrogen and oxygen atoms in total. The zero-order valence-corrected chi connectivity index (χ0v) is 9.52. The Labute approximate surface area is 81.9 Å². The van der Waals surface area contributed by atoms with Crippen LogP contribution in [0.5, 0.6) is 0 Å². The number of allylic oxidation sites excluding steroid dienone is 2. The van der Waals surface area contributed by atoms with E-state index in [9.17, 15) is 0 Å². The van der Waals surface area contributed by atoms with Crippen molar-refractivity contribution in [2.45, 2.75) is 53.1 Å². The molecule has 0 aliphatic carbocycles. The summed E-state index contributed by atoms with van der Waals surface area (Å²) in [5.41, 5.74) is 1.16.